The number of anilines is 2. The predicted molar refractivity (Wildman–Crippen MR) is 104 cm³/mol. The highest BCUT2D eigenvalue weighted by Gasteiger charge is 2.49. The number of amides is 3. The average molecular weight is 387 g/mol. The fourth-order valence-corrected chi connectivity index (χ4v) is 4.39. The molecule has 1 unspecified atom stereocenters. The summed E-state index contributed by atoms with van der Waals surface area (Å²) in [5.74, 6) is -1.54. The lowest BCUT2D eigenvalue weighted by molar-refractivity contribution is -0.128. The van der Waals surface area contributed by atoms with Crippen LogP contribution in [0.25, 0.3) is 0 Å². The molecule has 142 valence electrons. The van der Waals surface area contributed by atoms with Crippen LogP contribution in [-0.2, 0) is 16.6 Å². The first-order valence-electron chi connectivity index (χ1n) is 8.45. The second-order valence-electron chi connectivity index (χ2n) is 6.40. The number of fused-ring (bicyclic) bond motifs is 1. The molecule has 2 heterocycles. The molecule has 0 saturated carbocycles. The van der Waals surface area contributed by atoms with Crippen molar-refractivity contribution in [2.24, 2.45) is 12.8 Å². The number of hydrogen-bond acceptors (Lipinski definition) is 5. The minimum absolute atomic E-state index is 0.0884. The van der Waals surface area contributed by atoms with Crippen LogP contribution in [0, 0.1) is 6.92 Å². The molecule has 1 aliphatic heterocycles. The van der Waals surface area contributed by atoms with Crippen molar-refractivity contribution in [1.29, 1.82) is 0 Å². The quantitative estimate of drug-likeness (QED) is 0.776. The number of aryl methyl sites for hydroxylation is 2. The monoisotopic (exact) mass is 387 g/mol. The van der Waals surface area contributed by atoms with Crippen molar-refractivity contribution < 1.29 is 14.4 Å². The molecular formula is C18H21N5O3S. The van der Waals surface area contributed by atoms with Gasteiger partial charge in [-0.25, -0.2) is 0 Å². The van der Waals surface area contributed by atoms with Crippen molar-refractivity contribution in [3.05, 3.63) is 35.7 Å². The first-order chi connectivity index (χ1) is 12.7. The lowest BCUT2D eigenvalue weighted by atomic mass is 10.1. The normalized spacial score (nSPS) is 19.0. The van der Waals surface area contributed by atoms with E-state index in [0.717, 1.165) is 10.6 Å². The molecule has 27 heavy (non-hydrogen) atoms. The molecule has 9 heteroatoms. The van der Waals surface area contributed by atoms with E-state index in [9.17, 15) is 14.4 Å². The molecular weight excluding hydrogens is 366 g/mol. The molecule has 0 fully saturated rings. The van der Waals surface area contributed by atoms with Gasteiger partial charge in [0, 0.05) is 18.5 Å². The van der Waals surface area contributed by atoms with Crippen molar-refractivity contribution in [3.8, 4) is 0 Å². The Bertz CT molecular complexity index is 954. The van der Waals surface area contributed by atoms with Crippen molar-refractivity contribution in [2.75, 3.05) is 16.8 Å². The highest BCUT2D eigenvalue weighted by Crippen LogP contribution is 2.45. The number of para-hydroxylation sites is 1. The zero-order valence-corrected chi connectivity index (χ0v) is 16.4. The molecule has 3 amide bonds. The number of rotatable bonds is 4. The van der Waals surface area contributed by atoms with Gasteiger partial charge < -0.3 is 16.0 Å². The van der Waals surface area contributed by atoms with Crippen molar-refractivity contribution in [3.63, 3.8) is 0 Å². The number of benzene rings is 1. The van der Waals surface area contributed by atoms with Crippen LogP contribution in [0.15, 0.2) is 29.2 Å². The molecule has 1 atom stereocenters. The molecule has 2 aromatic rings. The molecule has 8 nitrogen and oxygen atoms in total. The summed E-state index contributed by atoms with van der Waals surface area (Å²) >= 11 is 1.19. The van der Waals surface area contributed by atoms with E-state index in [1.165, 1.54) is 16.4 Å². The summed E-state index contributed by atoms with van der Waals surface area (Å²) in [6.45, 7) is 5.55. The SMILES string of the molecule is CCN1C(=O)C(C)(C(=O)Nc2c(C)nn(C)c2C(N)=O)Sc2ccccc21. The number of thioether (sulfide) groups is 1. The summed E-state index contributed by atoms with van der Waals surface area (Å²) in [5, 5.41) is 6.84. The van der Waals surface area contributed by atoms with E-state index in [4.69, 9.17) is 5.73 Å². The fraction of sp³-hybridized carbons (Fsp3) is 0.333. The van der Waals surface area contributed by atoms with E-state index in [2.05, 4.69) is 10.4 Å². The Balaban J connectivity index is 2.00. The van der Waals surface area contributed by atoms with Gasteiger partial charge in [0.1, 0.15) is 5.69 Å². The zero-order chi connectivity index (χ0) is 19.9. The number of hydrogen-bond donors (Lipinski definition) is 2. The Kier molecular flexibility index (Phi) is 4.73. The van der Waals surface area contributed by atoms with E-state index in [1.807, 2.05) is 31.2 Å². The van der Waals surface area contributed by atoms with Crippen LogP contribution >= 0.6 is 11.8 Å². The van der Waals surface area contributed by atoms with Crippen molar-refractivity contribution in [2.45, 2.75) is 30.4 Å². The van der Waals surface area contributed by atoms with Crippen LogP contribution < -0.4 is 16.0 Å². The van der Waals surface area contributed by atoms with Gasteiger partial charge in [-0.3, -0.25) is 19.1 Å². The third kappa shape index (κ3) is 2.97. The summed E-state index contributed by atoms with van der Waals surface area (Å²) in [6.07, 6.45) is 0. The summed E-state index contributed by atoms with van der Waals surface area (Å²) in [6, 6.07) is 7.46. The summed E-state index contributed by atoms with van der Waals surface area (Å²) in [7, 11) is 1.57. The number of primary amides is 1. The van der Waals surface area contributed by atoms with Crippen molar-refractivity contribution >= 4 is 40.9 Å². The molecule has 0 aliphatic carbocycles. The van der Waals surface area contributed by atoms with Gasteiger partial charge in [-0.05, 0) is 32.9 Å². The smallest absolute Gasteiger partial charge is 0.269 e. The first-order valence-corrected chi connectivity index (χ1v) is 9.27. The Morgan fingerprint density at radius 2 is 2.00 bits per heavy atom. The molecule has 0 radical (unpaired) electrons. The molecule has 3 rings (SSSR count). The van der Waals surface area contributed by atoms with Gasteiger partial charge >= 0.3 is 0 Å². The van der Waals surface area contributed by atoms with Crippen LogP contribution in [0.3, 0.4) is 0 Å². The number of carbonyl (C=O) groups is 3. The molecule has 1 aromatic carbocycles. The van der Waals surface area contributed by atoms with E-state index >= 15 is 0 Å². The van der Waals surface area contributed by atoms with Gasteiger partial charge in [-0.1, -0.05) is 23.9 Å². The largest absolute Gasteiger partial charge is 0.364 e. The Labute approximate surface area is 161 Å². The van der Waals surface area contributed by atoms with Crippen LogP contribution in [-0.4, -0.2) is 38.8 Å². The van der Waals surface area contributed by atoms with Gasteiger partial charge in [-0.15, -0.1) is 0 Å². The van der Waals surface area contributed by atoms with Crippen molar-refractivity contribution in [1.82, 2.24) is 9.78 Å². The highest BCUT2D eigenvalue weighted by molar-refractivity contribution is 8.02. The van der Waals surface area contributed by atoms with E-state index < -0.39 is 16.6 Å². The third-order valence-electron chi connectivity index (χ3n) is 4.57. The number of nitrogens with zero attached hydrogens (tertiary/aromatic N) is 3. The molecule has 0 bridgehead atoms. The lowest BCUT2D eigenvalue weighted by Crippen LogP contribution is -2.54. The standard InChI is InChI=1S/C18H21N5O3S/c1-5-23-11-8-6-7-9-12(11)27-18(3,17(23)26)16(25)20-13-10(2)21-22(4)14(13)15(19)24/h6-9H,5H2,1-4H3,(H2,19,24)(H,20,25). The van der Waals surface area contributed by atoms with Crippen LogP contribution in [0.4, 0.5) is 11.4 Å². The van der Waals surface area contributed by atoms with Gasteiger partial charge in [0.05, 0.1) is 17.1 Å². The van der Waals surface area contributed by atoms with E-state index in [-0.39, 0.29) is 17.3 Å². The number of aromatic nitrogens is 2. The third-order valence-corrected chi connectivity index (χ3v) is 5.90. The van der Waals surface area contributed by atoms with Gasteiger partial charge in [0.25, 0.3) is 11.8 Å². The lowest BCUT2D eigenvalue weighted by Gasteiger charge is -2.38. The van der Waals surface area contributed by atoms with Gasteiger partial charge in [-0.2, -0.15) is 5.10 Å². The van der Waals surface area contributed by atoms with E-state index in [0.29, 0.717) is 12.2 Å². The second-order valence-corrected chi connectivity index (χ2v) is 7.86. The predicted octanol–water partition coefficient (Wildman–Crippen LogP) is 1.68. The maximum Gasteiger partial charge on any atom is 0.269 e. The Morgan fingerprint density at radius 3 is 2.63 bits per heavy atom. The maximum atomic E-state index is 13.1. The molecule has 0 spiro atoms. The van der Waals surface area contributed by atoms with Gasteiger partial charge in [0.15, 0.2) is 4.75 Å². The minimum Gasteiger partial charge on any atom is -0.364 e. The first kappa shape index (κ1) is 19.0. The summed E-state index contributed by atoms with van der Waals surface area (Å²) < 4.78 is -0.0688. The number of nitrogens with two attached hydrogens (primary N) is 1. The van der Waals surface area contributed by atoms with Crippen LogP contribution in [0.1, 0.15) is 30.0 Å². The maximum absolute atomic E-state index is 13.1. The van der Waals surface area contributed by atoms with Gasteiger partial charge in [0.2, 0.25) is 5.91 Å². The molecule has 1 aliphatic rings. The second kappa shape index (κ2) is 6.73. The Hall–Kier alpha value is -2.81. The fourth-order valence-electron chi connectivity index (χ4n) is 3.18. The van der Waals surface area contributed by atoms with Crippen LogP contribution in [0.5, 0.6) is 0 Å². The molecule has 3 N–H and O–H groups in total. The molecule has 0 saturated heterocycles. The minimum atomic E-state index is -1.39. The summed E-state index contributed by atoms with van der Waals surface area (Å²) in [4.78, 5) is 40.4. The Morgan fingerprint density at radius 1 is 1.33 bits per heavy atom. The topological polar surface area (TPSA) is 110 Å². The van der Waals surface area contributed by atoms with E-state index in [1.54, 1.807) is 25.8 Å². The number of carbonyl (C=O) groups excluding carboxylic acids is 3. The average Bonchev–Trinajstić information content (AvgIpc) is 2.89. The summed E-state index contributed by atoms with van der Waals surface area (Å²) in [5.41, 5.74) is 6.97. The molecule has 1 aromatic heterocycles. The van der Waals surface area contributed by atoms with Crippen LogP contribution in [0.2, 0.25) is 0 Å². The number of nitrogens with one attached hydrogen (secondary N) is 1. The zero-order valence-electron chi connectivity index (χ0n) is 15.6. The highest BCUT2D eigenvalue weighted by atomic mass is 32.2.